The van der Waals surface area contributed by atoms with Gasteiger partial charge in [-0.25, -0.2) is 0 Å². The average Bonchev–Trinajstić information content (AvgIpc) is 2.17. The standard InChI is InChI=1S/C13H16O3/c1-9(14)10-5-7-11(8-6-10)16-12(15)13(2,3)4/h5-8H,1-4H3. The molecule has 1 rings (SSSR count). The lowest BCUT2D eigenvalue weighted by molar-refractivity contribution is -0.142. The van der Waals surface area contributed by atoms with Gasteiger partial charge >= 0.3 is 5.97 Å². The van der Waals surface area contributed by atoms with Crippen molar-refractivity contribution in [1.82, 2.24) is 0 Å². The van der Waals surface area contributed by atoms with Gasteiger partial charge in [0.2, 0.25) is 0 Å². The summed E-state index contributed by atoms with van der Waals surface area (Å²) in [6.07, 6.45) is 0. The molecule has 0 saturated heterocycles. The van der Waals surface area contributed by atoms with Gasteiger partial charge in [-0.05, 0) is 52.0 Å². The molecule has 3 nitrogen and oxygen atoms in total. The summed E-state index contributed by atoms with van der Waals surface area (Å²) < 4.78 is 5.16. The van der Waals surface area contributed by atoms with Crippen LogP contribution in [-0.2, 0) is 4.79 Å². The summed E-state index contributed by atoms with van der Waals surface area (Å²) in [7, 11) is 0. The molecule has 86 valence electrons. The number of ketones is 1. The zero-order valence-electron chi connectivity index (χ0n) is 10.0. The van der Waals surface area contributed by atoms with E-state index in [9.17, 15) is 9.59 Å². The van der Waals surface area contributed by atoms with Crippen LogP contribution in [0.15, 0.2) is 24.3 Å². The molecule has 0 spiro atoms. The molecule has 0 bridgehead atoms. The van der Waals surface area contributed by atoms with E-state index in [1.807, 2.05) is 0 Å². The number of rotatable bonds is 2. The molecule has 0 atom stereocenters. The van der Waals surface area contributed by atoms with Crippen molar-refractivity contribution in [2.24, 2.45) is 5.41 Å². The van der Waals surface area contributed by atoms with Gasteiger partial charge in [0.25, 0.3) is 0 Å². The third-order valence-electron chi connectivity index (χ3n) is 2.08. The van der Waals surface area contributed by atoms with E-state index in [0.29, 0.717) is 11.3 Å². The van der Waals surface area contributed by atoms with Crippen molar-refractivity contribution in [3.05, 3.63) is 29.8 Å². The first-order chi connectivity index (χ1) is 7.30. The van der Waals surface area contributed by atoms with Gasteiger partial charge in [-0.3, -0.25) is 9.59 Å². The fraction of sp³-hybridized carbons (Fsp3) is 0.385. The quantitative estimate of drug-likeness (QED) is 0.437. The molecule has 0 aliphatic rings. The van der Waals surface area contributed by atoms with E-state index < -0.39 is 5.41 Å². The van der Waals surface area contributed by atoms with E-state index >= 15 is 0 Å². The Morgan fingerprint density at radius 2 is 1.56 bits per heavy atom. The van der Waals surface area contributed by atoms with E-state index in [0.717, 1.165) is 0 Å². The van der Waals surface area contributed by atoms with Gasteiger partial charge < -0.3 is 4.74 Å². The first kappa shape index (κ1) is 12.4. The third-order valence-corrected chi connectivity index (χ3v) is 2.08. The SMILES string of the molecule is CC(=O)c1ccc(OC(=O)C(C)(C)C)cc1. The number of ether oxygens (including phenoxy) is 1. The Labute approximate surface area is 95.4 Å². The highest BCUT2D eigenvalue weighted by Crippen LogP contribution is 2.19. The largest absolute Gasteiger partial charge is 0.426 e. The number of carbonyl (C=O) groups is 2. The van der Waals surface area contributed by atoms with Crippen molar-refractivity contribution in [2.75, 3.05) is 0 Å². The van der Waals surface area contributed by atoms with Crippen LogP contribution in [0.2, 0.25) is 0 Å². The maximum atomic E-state index is 11.6. The summed E-state index contributed by atoms with van der Waals surface area (Å²) in [5.74, 6) is 0.168. The van der Waals surface area contributed by atoms with Crippen LogP contribution in [0.25, 0.3) is 0 Å². The smallest absolute Gasteiger partial charge is 0.316 e. The van der Waals surface area contributed by atoms with Gasteiger partial charge in [0, 0.05) is 5.56 Å². The molecule has 3 heteroatoms. The van der Waals surface area contributed by atoms with Gasteiger partial charge in [0.1, 0.15) is 5.75 Å². The molecule has 0 heterocycles. The number of hydrogen-bond acceptors (Lipinski definition) is 3. The highest BCUT2D eigenvalue weighted by atomic mass is 16.5. The van der Waals surface area contributed by atoms with Crippen LogP contribution in [-0.4, -0.2) is 11.8 Å². The predicted octanol–water partition coefficient (Wildman–Crippen LogP) is 2.84. The molecule has 0 N–H and O–H groups in total. The molecular formula is C13H16O3. The molecule has 0 fully saturated rings. The topological polar surface area (TPSA) is 43.4 Å². The van der Waals surface area contributed by atoms with Crippen molar-refractivity contribution < 1.29 is 14.3 Å². The minimum atomic E-state index is -0.529. The van der Waals surface area contributed by atoms with Crippen LogP contribution in [0.3, 0.4) is 0 Å². The van der Waals surface area contributed by atoms with Crippen molar-refractivity contribution in [3.8, 4) is 5.75 Å². The minimum Gasteiger partial charge on any atom is -0.426 e. The minimum absolute atomic E-state index is 0.00584. The lowest BCUT2D eigenvalue weighted by Crippen LogP contribution is -2.25. The fourth-order valence-electron chi connectivity index (χ4n) is 1.02. The van der Waals surface area contributed by atoms with Gasteiger partial charge in [-0.2, -0.15) is 0 Å². The summed E-state index contributed by atoms with van der Waals surface area (Å²) in [6.45, 7) is 6.87. The van der Waals surface area contributed by atoms with Crippen molar-refractivity contribution in [3.63, 3.8) is 0 Å². The molecule has 0 aliphatic heterocycles. The Morgan fingerprint density at radius 3 is 1.94 bits per heavy atom. The normalized spacial score (nSPS) is 11.0. The van der Waals surface area contributed by atoms with Crippen molar-refractivity contribution in [2.45, 2.75) is 27.7 Å². The number of carbonyl (C=O) groups excluding carboxylic acids is 2. The second-order valence-electron chi connectivity index (χ2n) is 4.72. The van der Waals surface area contributed by atoms with Gasteiger partial charge in [-0.15, -0.1) is 0 Å². The maximum Gasteiger partial charge on any atom is 0.316 e. The number of Topliss-reactive ketones (excluding diaryl/α,β-unsaturated/α-hetero) is 1. The molecule has 0 saturated carbocycles. The third kappa shape index (κ3) is 3.19. The van der Waals surface area contributed by atoms with Gasteiger partial charge in [0.05, 0.1) is 5.41 Å². The Bertz CT molecular complexity index is 396. The van der Waals surface area contributed by atoms with Gasteiger partial charge in [-0.1, -0.05) is 0 Å². The summed E-state index contributed by atoms with van der Waals surface area (Å²) in [5, 5.41) is 0. The molecular weight excluding hydrogens is 204 g/mol. The molecule has 16 heavy (non-hydrogen) atoms. The van der Waals surface area contributed by atoms with Crippen LogP contribution >= 0.6 is 0 Å². The van der Waals surface area contributed by atoms with Crippen LogP contribution in [0, 0.1) is 5.41 Å². The molecule has 1 aromatic rings. The highest BCUT2D eigenvalue weighted by Gasteiger charge is 2.23. The molecule has 0 radical (unpaired) electrons. The average molecular weight is 220 g/mol. The van der Waals surface area contributed by atoms with Crippen LogP contribution in [0.1, 0.15) is 38.1 Å². The number of benzene rings is 1. The lowest BCUT2D eigenvalue weighted by atomic mass is 9.97. The fourth-order valence-corrected chi connectivity index (χ4v) is 1.02. The van der Waals surface area contributed by atoms with Crippen molar-refractivity contribution in [1.29, 1.82) is 0 Å². The van der Waals surface area contributed by atoms with Crippen molar-refractivity contribution >= 4 is 11.8 Å². The van der Waals surface area contributed by atoms with Gasteiger partial charge in [0.15, 0.2) is 5.78 Å². The van der Waals surface area contributed by atoms with E-state index in [1.165, 1.54) is 6.92 Å². The summed E-state index contributed by atoms with van der Waals surface area (Å²) in [5.41, 5.74) is 0.0785. The second-order valence-corrected chi connectivity index (χ2v) is 4.72. The summed E-state index contributed by atoms with van der Waals surface area (Å²) in [6, 6.07) is 6.54. The first-order valence-electron chi connectivity index (χ1n) is 5.14. The highest BCUT2D eigenvalue weighted by molar-refractivity contribution is 5.94. The molecule has 0 amide bonds. The van der Waals surface area contributed by atoms with E-state index in [-0.39, 0.29) is 11.8 Å². The van der Waals surface area contributed by atoms with E-state index in [1.54, 1.807) is 45.0 Å². The lowest BCUT2D eigenvalue weighted by Gasteiger charge is -2.16. The first-order valence-corrected chi connectivity index (χ1v) is 5.14. The summed E-state index contributed by atoms with van der Waals surface area (Å²) in [4.78, 5) is 22.6. The number of hydrogen-bond donors (Lipinski definition) is 0. The van der Waals surface area contributed by atoms with E-state index in [4.69, 9.17) is 4.74 Å². The zero-order valence-corrected chi connectivity index (χ0v) is 10.0. The monoisotopic (exact) mass is 220 g/mol. The molecule has 0 aliphatic carbocycles. The summed E-state index contributed by atoms with van der Waals surface area (Å²) >= 11 is 0. The van der Waals surface area contributed by atoms with Crippen LogP contribution in [0.4, 0.5) is 0 Å². The Balaban J connectivity index is 2.77. The molecule has 1 aromatic carbocycles. The number of esters is 1. The Hall–Kier alpha value is -1.64. The van der Waals surface area contributed by atoms with Crippen LogP contribution < -0.4 is 4.74 Å². The molecule has 0 aromatic heterocycles. The zero-order chi connectivity index (χ0) is 12.3. The maximum absolute atomic E-state index is 11.6. The molecule has 0 unspecified atom stereocenters. The predicted molar refractivity (Wildman–Crippen MR) is 61.5 cm³/mol. The van der Waals surface area contributed by atoms with E-state index in [2.05, 4.69) is 0 Å². The Kier molecular flexibility index (Phi) is 3.48. The van der Waals surface area contributed by atoms with Crippen LogP contribution in [0.5, 0.6) is 5.75 Å². The second kappa shape index (κ2) is 4.47. The Morgan fingerprint density at radius 1 is 1.06 bits per heavy atom.